The van der Waals surface area contributed by atoms with Crippen LogP contribution in [0.4, 0.5) is 0 Å². The van der Waals surface area contributed by atoms with Gasteiger partial charge in [-0.25, -0.2) is 13.1 Å². The Morgan fingerprint density at radius 3 is 2.78 bits per heavy atom. The molecule has 0 radical (unpaired) electrons. The minimum absolute atomic E-state index is 0.134. The normalized spacial score (nSPS) is 24.2. The highest BCUT2D eigenvalue weighted by atomic mass is 32.2. The zero-order valence-corrected chi connectivity index (χ0v) is 12.9. The number of hydrogen-bond donors (Lipinski definition) is 2. The van der Waals surface area contributed by atoms with Crippen LogP contribution in [-0.4, -0.2) is 26.4 Å². The van der Waals surface area contributed by atoms with E-state index in [0.29, 0.717) is 23.5 Å². The molecule has 2 aromatic rings. The molecule has 2 aromatic carbocycles. The molecule has 2 N–H and O–H groups in total. The third kappa shape index (κ3) is 2.46. The van der Waals surface area contributed by atoms with Gasteiger partial charge in [-0.2, -0.15) is 0 Å². The van der Waals surface area contributed by atoms with Crippen LogP contribution < -0.4 is 14.2 Å². The molecule has 0 fully saturated rings. The van der Waals surface area contributed by atoms with Gasteiger partial charge in [0.05, 0.1) is 17.0 Å². The summed E-state index contributed by atoms with van der Waals surface area (Å²) in [6, 6.07) is 11.3. The average molecular weight is 333 g/mol. The number of aliphatic hydroxyl groups excluding tert-OH is 1. The van der Waals surface area contributed by atoms with E-state index in [4.69, 9.17) is 9.47 Å². The molecule has 0 saturated carbocycles. The van der Waals surface area contributed by atoms with Crippen LogP contribution in [0.5, 0.6) is 11.5 Å². The molecule has 2 aliphatic heterocycles. The SMILES string of the molecule is O=S1(=O)NC(Cc2ccc3c(c2)OCO3)C(O)c2ccccc21. The molecule has 2 heterocycles. The summed E-state index contributed by atoms with van der Waals surface area (Å²) in [6.45, 7) is 0.185. The van der Waals surface area contributed by atoms with Crippen LogP contribution >= 0.6 is 0 Å². The maximum Gasteiger partial charge on any atom is 0.241 e. The van der Waals surface area contributed by atoms with Crippen molar-refractivity contribution in [3.05, 3.63) is 53.6 Å². The van der Waals surface area contributed by atoms with E-state index in [1.165, 1.54) is 6.07 Å². The number of nitrogens with one attached hydrogen (secondary N) is 1. The van der Waals surface area contributed by atoms with E-state index in [2.05, 4.69) is 4.72 Å². The van der Waals surface area contributed by atoms with Gasteiger partial charge in [0.2, 0.25) is 16.8 Å². The maximum atomic E-state index is 12.3. The number of ether oxygens (including phenoxy) is 2. The molecule has 0 aliphatic carbocycles. The smallest absolute Gasteiger partial charge is 0.241 e. The third-order valence-corrected chi connectivity index (χ3v) is 5.67. The first-order valence-corrected chi connectivity index (χ1v) is 8.71. The van der Waals surface area contributed by atoms with Gasteiger partial charge in [0.1, 0.15) is 0 Å². The molecule has 0 amide bonds. The molecule has 2 aliphatic rings. The molecule has 2 atom stereocenters. The largest absolute Gasteiger partial charge is 0.454 e. The summed E-state index contributed by atoms with van der Waals surface area (Å²) < 4.78 is 37.8. The van der Waals surface area contributed by atoms with Gasteiger partial charge < -0.3 is 14.6 Å². The second kappa shape index (κ2) is 5.23. The molecular weight excluding hydrogens is 318 g/mol. The Hall–Kier alpha value is -2.09. The van der Waals surface area contributed by atoms with Gasteiger partial charge in [0.25, 0.3) is 0 Å². The predicted octanol–water partition coefficient (Wildman–Crippen LogP) is 1.35. The van der Waals surface area contributed by atoms with Crippen molar-refractivity contribution in [1.82, 2.24) is 4.72 Å². The van der Waals surface area contributed by atoms with Crippen LogP contribution in [0.1, 0.15) is 17.2 Å². The number of benzene rings is 2. The monoisotopic (exact) mass is 333 g/mol. The van der Waals surface area contributed by atoms with Crippen molar-refractivity contribution >= 4 is 10.0 Å². The third-order valence-electron chi connectivity index (χ3n) is 4.11. The van der Waals surface area contributed by atoms with Crippen LogP contribution in [0.2, 0.25) is 0 Å². The quantitative estimate of drug-likeness (QED) is 0.867. The lowest BCUT2D eigenvalue weighted by Gasteiger charge is -2.30. The van der Waals surface area contributed by atoms with Gasteiger partial charge in [-0.15, -0.1) is 0 Å². The molecule has 0 aromatic heterocycles. The fourth-order valence-electron chi connectivity index (χ4n) is 2.99. The number of aliphatic hydroxyl groups is 1. The number of hydrogen-bond acceptors (Lipinski definition) is 5. The Labute approximate surface area is 133 Å². The van der Waals surface area contributed by atoms with Crippen molar-refractivity contribution in [2.24, 2.45) is 0 Å². The number of rotatable bonds is 2. The fourth-order valence-corrected chi connectivity index (χ4v) is 4.48. The molecular formula is C16H15NO5S. The molecule has 0 saturated heterocycles. The molecule has 23 heavy (non-hydrogen) atoms. The second-order valence-corrected chi connectivity index (χ2v) is 7.28. The van der Waals surface area contributed by atoms with Gasteiger partial charge in [-0.3, -0.25) is 0 Å². The van der Waals surface area contributed by atoms with Crippen molar-refractivity contribution in [3.63, 3.8) is 0 Å². The second-order valence-electron chi connectivity index (χ2n) is 5.60. The van der Waals surface area contributed by atoms with Gasteiger partial charge in [0, 0.05) is 5.56 Å². The minimum atomic E-state index is -3.62. The van der Waals surface area contributed by atoms with Gasteiger partial charge in [-0.1, -0.05) is 24.3 Å². The lowest BCUT2D eigenvalue weighted by atomic mass is 9.96. The molecule has 2 unspecified atom stereocenters. The van der Waals surface area contributed by atoms with Crippen molar-refractivity contribution in [2.45, 2.75) is 23.5 Å². The van der Waals surface area contributed by atoms with Crippen LogP contribution in [0.15, 0.2) is 47.4 Å². The summed E-state index contributed by atoms with van der Waals surface area (Å²) in [5.41, 5.74) is 1.29. The van der Waals surface area contributed by atoms with E-state index in [9.17, 15) is 13.5 Å². The fraction of sp³-hybridized carbons (Fsp3) is 0.250. The summed E-state index contributed by atoms with van der Waals surface area (Å²) in [7, 11) is -3.62. The summed E-state index contributed by atoms with van der Waals surface area (Å²) in [6.07, 6.45) is -0.550. The maximum absolute atomic E-state index is 12.3. The Morgan fingerprint density at radius 1 is 1.13 bits per heavy atom. The van der Waals surface area contributed by atoms with Crippen molar-refractivity contribution in [2.75, 3.05) is 6.79 Å². The van der Waals surface area contributed by atoms with Crippen LogP contribution in [0, 0.1) is 0 Å². The number of fused-ring (bicyclic) bond motifs is 2. The molecule has 120 valence electrons. The van der Waals surface area contributed by atoms with Crippen LogP contribution in [0.25, 0.3) is 0 Å². The first-order chi connectivity index (χ1) is 11.0. The minimum Gasteiger partial charge on any atom is -0.454 e. The highest BCUT2D eigenvalue weighted by Crippen LogP contribution is 2.35. The van der Waals surface area contributed by atoms with Gasteiger partial charge >= 0.3 is 0 Å². The average Bonchev–Trinajstić information content (AvgIpc) is 3.00. The van der Waals surface area contributed by atoms with E-state index in [1.54, 1.807) is 24.3 Å². The zero-order valence-electron chi connectivity index (χ0n) is 12.1. The van der Waals surface area contributed by atoms with Crippen LogP contribution in [0.3, 0.4) is 0 Å². The van der Waals surface area contributed by atoms with E-state index in [0.717, 1.165) is 5.56 Å². The van der Waals surface area contributed by atoms with E-state index in [1.807, 2.05) is 12.1 Å². The Balaban J connectivity index is 1.66. The Kier molecular flexibility index (Phi) is 3.29. The molecule has 7 heteroatoms. The summed E-state index contributed by atoms with van der Waals surface area (Å²) in [5, 5.41) is 10.5. The predicted molar refractivity (Wildman–Crippen MR) is 81.8 cm³/mol. The van der Waals surface area contributed by atoms with E-state index >= 15 is 0 Å². The Bertz CT molecular complexity index is 865. The molecule has 0 bridgehead atoms. The highest BCUT2D eigenvalue weighted by molar-refractivity contribution is 7.89. The summed E-state index contributed by atoms with van der Waals surface area (Å²) >= 11 is 0. The van der Waals surface area contributed by atoms with E-state index < -0.39 is 22.2 Å². The molecule has 4 rings (SSSR count). The van der Waals surface area contributed by atoms with Gasteiger partial charge in [0.15, 0.2) is 11.5 Å². The van der Waals surface area contributed by atoms with Crippen molar-refractivity contribution < 1.29 is 23.0 Å². The summed E-state index contributed by atoms with van der Waals surface area (Å²) in [4.78, 5) is 0.134. The van der Waals surface area contributed by atoms with Crippen LogP contribution in [-0.2, 0) is 16.4 Å². The first kappa shape index (κ1) is 14.5. The number of sulfonamides is 1. The molecule has 0 spiro atoms. The van der Waals surface area contributed by atoms with Crippen molar-refractivity contribution in [3.8, 4) is 11.5 Å². The zero-order chi connectivity index (χ0) is 16.0. The van der Waals surface area contributed by atoms with Crippen molar-refractivity contribution in [1.29, 1.82) is 0 Å². The lowest BCUT2D eigenvalue weighted by Crippen LogP contribution is -2.45. The molecule has 6 nitrogen and oxygen atoms in total. The highest BCUT2D eigenvalue weighted by Gasteiger charge is 2.36. The first-order valence-electron chi connectivity index (χ1n) is 7.22. The summed E-state index contributed by atoms with van der Waals surface area (Å²) in [5.74, 6) is 1.31. The van der Waals surface area contributed by atoms with Gasteiger partial charge in [-0.05, 0) is 30.2 Å². The lowest BCUT2D eigenvalue weighted by molar-refractivity contribution is 0.131. The van der Waals surface area contributed by atoms with E-state index in [-0.39, 0.29) is 11.7 Å². The topological polar surface area (TPSA) is 84.9 Å². The standard InChI is InChI=1S/C16H15NO5S/c18-16-11-3-1-2-4-15(11)23(19,20)17-12(16)7-10-5-6-13-14(8-10)22-9-21-13/h1-6,8,12,16-18H,7,9H2. The Morgan fingerprint density at radius 2 is 1.91 bits per heavy atom.